The van der Waals surface area contributed by atoms with Crippen molar-refractivity contribution in [3.05, 3.63) is 0 Å². The second-order valence-corrected chi connectivity index (χ2v) is 4.82. The summed E-state index contributed by atoms with van der Waals surface area (Å²) in [4.78, 5) is 13.4. The molecule has 86 valence electrons. The van der Waals surface area contributed by atoms with Crippen LogP contribution in [0.15, 0.2) is 0 Å². The molecule has 0 bridgehead atoms. The Balaban J connectivity index is 1.89. The van der Waals surface area contributed by atoms with Crippen molar-refractivity contribution in [3.63, 3.8) is 0 Å². The number of alkyl carbamates (subject to hydrolysis) is 1. The zero-order valence-corrected chi connectivity index (χ0v) is 9.53. The van der Waals surface area contributed by atoms with Crippen LogP contribution < -0.4 is 5.32 Å². The fraction of sp³-hybridized carbons (Fsp3) is 0.909. The van der Waals surface area contributed by atoms with E-state index in [-0.39, 0.29) is 12.2 Å². The van der Waals surface area contributed by atoms with Crippen molar-refractivity contribution in [1.82, 2.24) is 10.2 Å². The van der Waals surface area contributed by atoms with Crippen LogP contribution in [0.2, 0.25) is 0 Å². The van der Waals surface area contributed by atoms with E-state index in [1.54, 1.807) is 0 Å². The maximum atomic E-state index is 11.0. The SMILES string of the molecule is CC(C)N1CCCC(C2CNC(=O)O2)C1. The predicted molar refractivity (Wildman–Crippen MR) is 57.7 cm³/mol. The molecule has 0 radical (unpaired) electrons. The maximum absolute atomic E-state index is 11.0. The first kappa shape index (κ1) is 10.7. The van der Waals surface area contributed by atoms with Gasteiger partial charge in [0.15, 0.2) is 0 Å². The lowest BCUT2D eigenvalue weighted by atomic mass is 9.92. The van der Waals surface area contributed by atoms with Crippen LogP contribution in [0.1, 0.15) is 26.7 Å². The summed E-state index contributed by atoms with van der Waals surface area (Å²) in [5, 5.41) is 2.73. The molecule has 2 atom stereocenters. The number of carbonyl (C=O) groups excluding carboxylic acids is 1. The quantitative estimate of drug-likeness (QED) is 0.748. The number of hydrogen-bond donors (Lipinski definition) is 1. The highest BCUT2D eigenvalue weighted by molar-refractivity contribution is 5.69. The van der Waals surface area contributed by atoms with Crippen molar-refractivity contribution in [2.75, 3.05) is 19.6 Å². The number of piperidine rings is 1. The summed E-state index contributed by atoms with van der Waals surface area (Å²) in [6.07, 6.45) is 2.25. The Morgan fingerprint density at radius 3 is 2.93 bits per heavy atom. The van der Waals surface area contributed by atoms with Crippen LogP contribution in [0.25, 0.3) is 0 Å². The first-order chi connectivity index (χ1) is 7.16. The minimum absolute atomic E-state index is 0.0963. The fourth-order valence-electron chi connectivity index (χ4n) is 2.48. The Hall–Kier alpha value is -0.770. The molecule has 0 aromatic heterocycles. The highest BCUT2D eigenvalue weighted by Gasteiger charge is 2.34. The average molecular weight is 212 g/mol. The topological polar surface area (TPSA) is 41.6 Å². The van der Waals surface area contributed by atoms with Crippen molar-refractivity contribution in [1.29, 1.82) is 0 Å². The summed E-state index contributed by atoms with van der Waals surface area (Å²) in [5.74, 6) is 0.514. The van der Waals surface area contributed by atoms with Crippen molar-refractivity contribution in [2.24, 2.45) is 5.92 Å². The van der Waals surface area contributed by atoms with Crippen LogP contribution in [0.5, 0.6) is 0 Å². The van der Waals surface area contributed by atoms with Gasteiger partial charge < -0.3 is 15.0 Å². The number of cyclic esters (lactones) is 1. The molecule has 2 heterocycles. The van der Waals surface area contributed by atoms with Gasteiger partial charge in [-0.3, -0.25) is 0 Å². The fourth-order valence-corrected chi connectivity index (χ4v) is 2.48. The Morgan fingerprint density at radius 2 is 2.33 bits per heavy atom. The molecule has 2 saturated heterocycles. The highest BCUT2D eigenvalue weighted by atomic mass is 16.6. The van der Waals surface area contributed by atoms with Gasteiger partial charge in [-0.1, -0.05) is 0 Å². The minimum atomic E-state index is -0.248. The van der Waals surface area contributed by atoms with Crippen molar-refractivity contribution >= 4 is 6.09 Å². The van der Waals surface area contributed by atoms with Crippen LogP contribution in [-0.2, 0) is 4.74 Å². The molecule has 0 aromatic carbocycles. The monoisotopic (exact) mass is 212 g/mol. The van der Waals surface area contributed by atoms with Gasteiger partial charge in [-0.05, 0) is 33.2 Å². The Labute approximate surface area is 91.0 Å². The number of nitrogens with one attached hydrogen (secondary N) is 1. The lowest BCUT2D eigenvalue weighted by Crippen LogP contribution is -2.44. The number of ether oxygens (including phenoxy) is 1. The van der Waals surface area contributed by atoms with Crippen molar-refractivity contribution in [2.45, 2.75) is 38.8 Å². The lowest BCUT2D eigenvalue weighted by Gasteiger charge is -2.36. The van der Waals surface area contributed by atoms with Crippen LogP contribution in [0.4, 0.5) is 4.79 Å². The molecule has 2 fully saturated rings. The van der Waals surface area contributed by atoms with E-state index in [1.165, 1.54) is 19.4 Å². The predicted octanol–water partition coefficient (Wildman–Crippen LogP) is 1.22. The summed E-state index contributed by atoms with van der Waals surface area (Å²) in [6, 6.07) is 0.595. The number of rotatable bonds is 2. The summed E-state index contributed by atoms with van der Waals surface area (Å²) in [7, 11) is 0. The third kappa shape index (κ3) is 2.43. The van der Waals surface area contributed by atoms with E-state index >= 15 is 0 Å². The Morgan fingerprint density at radius 1 is 1.53 bits per heavy atom. The molecule has 0 aromatic rings. The van der Waals surface area contributed by atoms with Gasteiger partial charge in [-0.15, -0.1) is 0 Å². The number of carbonyl (C=O) groups is 1. The first-order valence-electron chi connectivity index (χ1n) is 5.85. The minimum Gasteiger partial charge on any atom is -0.444 e. The van der Waals surface area contributed by atoms with Gasteiger partial charge in [-0.25, -0.2) is 4.79 Å². The largest absolute Gasteiger partial charge is 0.444 e. The smallest absolute Gasteiger partial charge is 0.407 e. The normalized spacial score (nSPS) is 32.9. The lowest BCUT2D eigenvalue weighted by molar-refractivity contribution is 0.0499. The molecular weight excluding hydrogens is 192 g/mol. The second-order valence-electron chi connectivity index (χ2n) is 4.82. The Kier molecular flexibility index (Phi) is 3.14. The molecule has 0 saturated carbocycles. The van der Waals surface area contributed by atoms with Crippen LogP contribution in [-0.4, -0.2) is 42.8 Å². The zero-order chi connectivity index (χ0) is 10.8. The molecule has 2 unspecified atom stereocenters. The van der Waals surface area contributed by atoms with Gasteiger partial charge >= 0.3 is 6.09 Å². The maximum Gasteiger partial charge on any atom is 0.407 e. The summed E-state index contributed by atoms with van der Waals surface area (Å²) in [6.45, 7) is 7.39. The van der Waals surface area contributed by atoms with Crippen LogP contribution in [0.3, 0.4) is 0 Å². The molecule has 4 heteroatoms. The number of likely N-dealkylation sites (tertiary alicyclic amines) is 1. The standard InChI is InChI=1S/C11H20N2O2/c1-8(2)13-5-3-4-9(7-13)10-6-12-11(14)15-10/h8-10H,3-7H2,1-2H3,(H,12,14). The van der Waals surface area contributed by atoms with Crippen LogP contribution >= 0.6 is 0 Å². The van der Waals surface area contributed by atoms with E-state index in [4.69, 9.17) is 4.74 Å². The van der Waals surface area contributed by atoms with Gasteiger partial charge in [0.05, 0.1) is 6.54 Å². The molecule has 4 nitrogen and oxygen atoms in total. The van der Waals surface area contributed by atoms with E-state index in [9.17, 15) is 4.79 Å². The Bertz CT molecular complexity index is 243. The molecule has 0 spiro atoms. The molecule has 2 aliphatic heterocycles. The first-order valence-corrected chi connectivity index (χ1v) is 5.85. The van der Waals surface area contributed by atoms with Crippen molar-refractivity contribution in [3.8, 4) is 0 Å². The van der Waals surface area contributed by atoms with Crippen molar-refractivity contribution < 1.29 is 9.53 Å². The molecule has 0 aliphatic carbocycles. The van der Waals surface area contributed by atoms with E-state index in [0.29, 0.717) is 18.5 Å². The summed E-state index contributed by atoms with van der Waals surface area (Å²) < 4.78 is 5.25. The third-order valence-electron chi connectivity index (χ3n) is 3.45. The average Bonchev–Trinajstić information content (AvgIpc) is 2.65. The number of amides is 1. The molecule has 2 aliphatic rings. The molecule has 2 rings (SSSR count). The summed E-state index contributed by atoms with van der Waals surface area (Å²) >= 11 is 0. The number of hydrogen-bond acceptors (Lipinski definition) is 3. The van der Waals surface area contributed by atoms with Crippen LogP contribution in [0, 0.1) is 5.92 Å². The third-order valence-corrected chi connectivity index (χ3v) is 3.45. The van der Waals surface area contributed by atoms with E-state index in [2.05, 4.69) is 24.1 Å². The molecule has 1 N–H and O–H groups in total. The molecule has 1 amide bonds. The highest BCUT2D eigenvalue weighted by Crippen LogP contribution is 2.24. The van der Waals surface area contributed by atoms with Gasteiger partial charge in [-0.2, -0.15) is 0 Å². The second kappa shape index (κ2) is 4.39. The van der Waals surface area contributed by atoms with Gasteiger partial charge in [0, 0.05) is 18.5 Å². The molecular formula is C11H20N2O2. The van der Waals surface area contributed by atoms with E-state index in [0.717, 1.165) is 6.54 Å². The summed E-state index contributed by atoms with van der Waals surface area (Å²) in [5.41, 5.74) is 0. The van der Waals surface area contributed by atoms with E-state index in [1.807, 2.05) is 0 Å². The van der Waals surface area contributed by atoms with Gasteiger partial charge in [0.2, 0.25) is 0 Å². The van der Waals surface area contributed by atoms with E-state index < -0.39 is 0 Å². The zero-order valence-electron chi connectivity index (χ0n) is 9.53. The van der Waals surface area contributed by atoms with Gasteiger partial charge in [0.25, 0.3) is 0 Å². The van der Waals surface area contributed by atoms with Gasteiger partial charge in [0.1, 0.15) is 6.10 Å². The number of nitrogens with zero attached hydrogens (tertiary/aromatic N) is 1. The molecule has 15 heavy (non-hydrogen) atoms.